The number of hydrogen-bond acceptors (Lipinski definition) is 5. The van der Waals surface area contributed by atoms with Gasteiger partial charge in [0, 0.05) is 6.42 Å². The van der Waals surface area contributed by atoms with Crippen LogP contribution in [0.2, 0.25) is 0 Å². The van der Waals surface area contributed by atoms with Gasteiger partial charge in [0.15, 0.2) is 6.61 Å². The molecule has 0 radical (unpaired) electrons. The topological polar surface area (TPSA) is 84.5 Å². The van der Waals surface area contributed by atoms with Crippen molar-refractivity contribution in [2.45, 2.75) is 32.1 Å². The van der Waals surface area contributed by atoms with E-state index in [2.05, 4.69) is 10.9 Å². The first kappa shape index (κ1) is 16.0. The van der Waals surface area contributed by atoms with Crippen LogP contribution < -0.4 is 10.9 Å². The molecule has 2 amide bonds. The van der Waals surface area contributed by atoms with E-state index in [-0.39, 0.29) is 18.5 Å². The van der Waals surface area contributed by atoms with Crippen LogP contribution in [0, 0.1) is 17.8 Å². The number of thiophene rings is 1. The SMILES string of the molecule is O=C(COC(=O)C[C@@H]1C[C@H]2CC[C@@H]1C2)NNC(=O)c1cccs1. The zero-order chi connectivity index (χ0) is 16.2. The number of ether oxygens (including phenoxy) is 1. The second-order valence-corrected chi connectivity index (χ2v) is 7.23. The van der Waals surface area contributed by atoms with Gasteiger partial charge in [0.2, 0.25) is 0 Å². The minimum Gasteiger partial charge on any atom is -0.455 e. The molecule has 2 N–H and O–H groups in total. The second-order valence-electron chi connectivity index (χ2n) is 6.28. The summed E-state index contributed by atoms with van der Waals surface area (Å²) in [4.78, 5) is 35.5. The Morgan fingerprint density at radius 1 is 1.22 bits per heavy atom. The lowest BCUT2D eigenvalue weighted by Crippen LogP contribution is -2.43. The quantitative estimate of drug-likeness (QED) is 0.635. The van der Waals surface area contributed by atoms with Crippen LogP contribution in [0.25, 0.3) is 0 Å². The summed E-state index contributed by atoms with van der Waals surface area (Å²) in [7, 11) is 0. The van der Waals surface area contributed by atoms with E-state index in [9.17, 15) is 14.4 Å². The van der Waals surface area contributed by atoms with Crippen molar-refractivity contribution in [1.82, 2.24) is 10.9 Å². The smallest absolute Gasteiger partial charge is 0.306 e. The van der Waals surface area contributed by atoms with Gasteiger partial charge in [-0.1, -0.05) is 12.5 Å². The summed E-state index contributed by atoms with van der Waals surface area (Å²) in [6.45, 7) is -0.371. The predicted molar refractivity (Wildman–Crippen MR) is 84.4 cm³/mol. The van der Waals surface area contributed by atoms with Crippen LogP contribution in [0.5, 0.6) is 0 Å². The first-order valence-corrected chi connectivity index (χ1v) is 8.78. The Morgan fingerprint density at radius 3 is 2.74 bits per heavy atom. The molecule has 124 valence electrons. The molecule has 1 aromatic rings. The summed E-state index contributed by atoms with van der Waals surface area (Å²) in [6.07, 6.45) is 5.27. The molecule has 3 rings (SSSR count). The van der Waals surface area contributed by atoms with E-state index < -0.39 is 5.91 Å². The van der Waals surface area contributed by atoms with Crippen molar-refractivity contribution >= 4 is 29.1 Å². The highest BCUT2D eigenvalue weighted by atomic mass is 32.1. The van der Waals surface area contributed by atoms with E-state index >= 15 is 0 Å². The fourth-order valence-corrected chi connectivity index (χ4v) is 4.30. The fraction of sp³-hybridized carbons (Fsp3) is 0.562. The number of carbonyl (C=O) groups is 3. The molecule has 1 heterocycles. The molecule has 7 heteroatoms. The minimum atomic E-state index is -0.545. The van der Waals surface area contributed by atoms with E-state index in [0.29, 0.717) is 23.1 Å². The number of amides is 2. The monoisotopic (exact) mass is 336 g/mol. The average Bonchev–Trinajstić information content (AvgIpc) is 3.27. The Hall–Kier alpha value is -1.89. The van der Waals surface area contributed by atoms with Gasteiger partial charge in [-0.15, -0.1) is 11.3 Å². The lowest BCUT2D eigenvalue weighted by Gasteiger charge is -2.20. The number of esters is 1. The average molecular weight is 336 g/mol. The van der Waals surface area contributed by atoms with Crippen molar-refractivity contribution < 1.29 is 19.1 Å². The van der Waals surface area contributed by atoms with Gasteiger partial charge in [-0.05, 0) is 48.5 Å². The molecule has 2 bridgehead atoms. The van der Waals surface area contributed by atoms with Crippen molar-refractivity contribution in [2.24, 2.45) is 17.8 Å². The third-order valence-corrected chi connectivity index (χ3v) is 5.61. The van der Waals surface area contributed by atoms with Crippen molar-refractivity contribution in [2.75, 3.05) is 6.61 Å². The van der Waals surface area contributed by atoms with Crippen LogP contribution >= 0.6 is 11.3 Å². The molecule has 2 aliphatic carbocycles. The van der Waals surface area contributed by atoms with Gasteiger partial charge in [-0.3, -0.25) is 25.2 Å². The molecule has 0 unspecified atom stereocenters. The lowest BCUT2D eigenvalue weighted by molar-refractivity contribution is -0.150. The Labute approximate surface area is 138 Å². The molecule has 23 heavy (non-hydrogen) atoms. The van der Waals surface area contributed by atoms with E-state index in [1.807, 2.05) is 0 Å². The van der Waals surface area contributed by atoms with Gasteiger partial charge >= 0.3 is 5.97 Å². The third-order valence-electron chi connectivity index (χ3n) is 4.74. The van der Waals surface area contributed by atoms with Crippen molar-refractivity contribution in [1.29, 1.82) is 0 Å². The van der Waals surface area contributed by atoms with Gasteiger partial charge in [0.05, 0.1) is 4.88 Å². The maximum absolute atomic E-state index is 11.8. The van der Waals surface area contributed by atoms with Crippen molar-refractivity contribution in [3.63, 3.8) is 0 Å². The fourth-order valence-electron chi connectivity index (χ4n) is 3.68. The van der Waals surface area contributed by atoms with Gasteiger partial charge in [0.25, 0.3) is 11.8 Å². The van der Waals surface area contributed by atoms with Crippen LogP contribution in [0.3, 0.4) is 0 Å². The highest BCUT2D eigenvalue weighted by molar-refractivity contribution is 7.12. The van der Waals surface area contributed by atoms with Crippen molar-refractivity contribution in [3.8, 4) is 0 Å². The van der Waals surface area contributed by atoms with Crippen LogP contribution in [0.4, 0.5) is 0 Å². The van der Waals surface area contributed by atoms with Gasteiger partial charge < -0.3 is 4.74 Å². The molecule has 2 aliphatic rings. The molecule has 0 aromatic carbocycles. The number of carbonyl (C=O) groups excluding carboxylic acids is 3. The zero-order valence-corrected chi connectivity index (χ0v) is 13.6. The number of hydrogen-bond donors (Lipinski definition) is 2. The second kappa shape index (κ2) is 7.12. The molecule has 0 aliphatic heterocycles. The minimum absolute atomic E-state index is 0.331. The molecule has 0 saturated heterocycles. The summed E-state index contributed by atoms with van der Waals surface area (Å²) in [5.41, 5.74) is 4.52. The molecular weight excluding hydrogens is 316 g/mol. The largest absolute Gasteiger partial charge is 0.455 e. The maximum Gasteiger partial charge on any atom is 0.306 e. The van der Waals surface area contributed by atoms with Crippen LogP contribution in [0.15, 0.2) is 17.5 Å². The normalized spacial score (nSPS) is 25.1. The number of fused-ring (bicyclic) bond motifs is 2. The van der Waals surface area contributed by atoms with Crippen molar-refractivity contribution in [3.05, 3.63) is 22.4 Å². The zero-order valence-electron chi connectivity index (χ0n) is 12.7. The summed E-state index contributed by atoms with van der Waals surface area (Å²) >= 11 is 1.28. The van der Waals surface area contributed by atoms with Gasteiger partial charge in [-0.2, -0.15) is 0 Å². The Kier molecular flexibility index (Phi) is 4.95. The Bertz CT molecular complexity index is 587. The predicted octanol–water partition coefficient (Wildman–Crippen LogP) is 1.88. The molecular formula is C16H20N2O4S. The first-order chi connectivity index (χ1) is 11.1. The highest BCUT2D eigenvalue weighted by Gasteiger charge is 2.40. The molecule has 3 atom stereocenters. The molecule has 0 spiro atoms. The standard InChI is InChI=1S/C16H20N2O4S/c19-14(17-18-16(21)13-2-1-5-23-13)9-22-15(20)8-12-7-10-3-4-11(12)6-10/h1-2,5,10-12H,3-4,6-9H2,(H,17,19)(H,18,21)/t10-,11+,12-/m0/s1. The molecule has 2 saturated carbocycles. The highest BCUT2D eigenvalue weighted by Crippen LogP contribution is 2.49. The molecule has 1 aromatic heterocycles. The van der Waals surface area contributed by atoms with Crippen LogP contribution in [0.1, 0.15) is 41.8 Å². The third kappa shape index (κ3) is 4.10. The van der Waals surface area contributed by atoms with Crippen LogP contribution in [-0.4, -0.2) is 24.4 Å². The van der Waals surface area contributed by atoms with E-state index in [0.717, 1.165) is 12.3 Å². The molecule has 2 fully saturated rings. The molecule has 6 nitrogen and oxygen atoms in total. The van der Waals surface area contributed by atoms with E-state index in [4.69, 9.17) is 4.74 Å². The summed E-state index contributed by atoms with van der Waals surface area (Å²) < 4.78 is 5.00. The number of nitrogens with one attached hydrogen (secondary N) is 2. The van der Waals surface area contributed by atoms with Crippen LogP contribution in [-0.2, 0) is 14.3 Å². The Balaban J connectivity index is 1.32. The van der Waals surface area contributed by atoms with E-state index in [1.54, 1.807) is 17.5 Å². The number of rotatable bonds is 5. The summed E-state index contributed by atoms with van der Waals surface area (Å²) in [6, 6.07) is 3.40. The Morgan fingerprint density at radius 2 is 2.09 bits per heavy atom. The van der Waals surface area contributed by atoms with Gasteiger partial charge in [0.1, 0.15) is 0 Å². The summed E-state index contributed by atoms with van der Waals surface area (Å²) in [5, 5.41) is 1.77. The first-order valence-electron chi connectivity index (χ1n) is 7.90. The van der Waals surface area contributed by atoms with Gasteiger partial charge in [-0.25, -0.2) is 0 Å². The number of hydrazine groups is 1. The lowest BCUT2D eigenvalue weighted by atomic mass is 9.86. The summed E-state index contributed by atoms with van der Waals surface area (Å²) in [5.74, 6) is 0.600. The maximum atomic E-state index is 11.8. The van der Waals surface area contributed by atoms with E-state index in [1.165, 1.54) is 30.6 Å².